The summed E-state index contributed by atoms with van der Waals surface area (Å²) in [5, 5.41) is 2.84. The number of benzene rings is 2. The number of para-hydroxylation sites is 1. The Kier molecular flexibility index (Phi) is 7.21. The lowest BCUT2D eigenvalue weighted by molar-refractivity contribution is 0.0755. The third-order valence-corrected chi connectivity index (χ3v) is 3.99. The molecule has 0 saturated carbocycles. The van der Waals surface area contributed by atoms with Crippen LogP contribution in [0.3, 0.4) is 0 Å². The summed E-state index contributed by atoms with van der Waals surface area (Å²) in [5.41, 5.74) is 1.61. The maximum atomic E-state index is 12.7. The second kappa shape index (κ2) is 9.61. The van der Waals surface area contributed by atoms with Gasteiger partial charge < -0.3 is 15.0 Å². The largest absolute Gasteiger partial charge is 0.496 e. The Balaban J connectivity index is 2.18. The van der Waals surface area contributed by atoms with E-state index in [2.05, 4.69) is 19.2 Å². The molecule has 0 atom stereocenters. The number of carbonyl (C=O) groups excluding carboxylic acids is 2. The van der Waals surface area contributed by atoms with Crippen LogP contribution >= 0.6 is 0 Å². The molecule has 0 radical (unpaired) electrons. The average Bonchev–Trinajstić information content (AvgIpc) is 2.67. The molecule has 1 N–H and O–H groups in total. The van der Waals surface area contributed by atoms with Gasteiger partial charge in [0.25, 0.3) is 11.8 Å². The first kappa shape index (κ1) is 19.5. The summed E-state index contributed by atoms with van der Waals surface area (Å²) in [5.74, 6) is 0.224. The first-order chi connectivity index (χ1) is 12.6. The van der Waals surface area contributed by atoms with E-state index in [1.807, 2.05) is 11.0 Å². The molecule has 5 heteroatoms. The number of hydrogen-bond donors (Lipinski definition) is 1. The minimum absolute atomic E-state index is 0.0120. The maximum Gasteiger partial charge on any atom is 0.259 e. The minimum atomic E-state index is -0.272. The number of carbonyl (C=O) groups is 2. The van der Waals surface area contributed by atoms with E-state index in [4.69, 9.17) is 4.74 Å². The van der Waals surface area contributed by atoms with Gasteiger partial charge in [-0.2, -0.15) is 0 Å². The molecular weight excluding hydrogens is 328 g/mol. The van der Waals surface area contributed by atoms with Crippen LogP contribution in [0.25, 0.3) is 0 Å². The molecule has 2 aromatic rings. The summed E-state index contributed by atoms with van der Waals surface area (Å²) in [7, 11) is 1.53. The van der Waals surface area contributed by atoms with Crippen LogP contribution in [-0.2, 0) is 0 Å². The van der Waals surface area contributed by atoms with E-state index in [0.29, 0.717) is 22.6 Å². The number of nitrogens with one attached hydrogen (secondary N) is 1. The zero-order chi connectivity index (χ0) is 18.9. The highest BCUT2D eigenvalue weighted by atomic mass is 16.5. The lowest BCUT2D eigenvalue weighted by atomic mass is 10.1. The topological polar surface area (TPSA) is 58.6 Å². The third-order valence-electron chi connectivity index (χ3n) is 3.99. The van der Waals surface area contributed by atoms with Crippen LogP contribution in [-0.4, -0.2) is 36.9 Å². The van der Waals surface area contributed by atoms with E-state index >= 15 is 0 Å². The summed E-state index contributed by atoms with van der Waals surface area (Å²) in [6, 6.07) is 14.1. The zero-order valence-corrected chi connectivity index (χ0v) is 15.6. The Hall–Kier alpha value is -2.82. The van der Waals surface area contributed by atoms with Crippen molar-refractivity contribution in [1.29, 1.82) is 0 Å². The van der Waals surface area contributed by atoms with Gasteiger partial charge in [0, 0.05) is 24.3 Å². The van der Waals surface area contributed by atoms with Crippen molar-refractivity contribution < 1.29 is 14.3 Å². The number of rotatable bonds is 8. The van der Waals surface area contributed by atoms with Crippen LogP contribution in [0.4, 0.5) is 5.69 Å². The fourth-order valence-corrected chi connectivity index (χ4v) is 2.80. The molecule has 2 amide bonds. The van der Waals surface area contributed by atoms with Gasteiger partial charge in [0.2, 0.25) is 0 Å². The average molecular weight is 354 g/mol. The second-order valence-electron chi connectivity index (χ2n) is 6.03. The fraction of sp³-hybridized carbons (Fsp3) is 0.333. The molecule has 2 rings (SSSR count). The lowest BCUT2D eigenvalue weighted by Crippen LogP contribution is -2.32. The van der Waals surface area contributed by atoms with Gasteiger partial charge in [0.15, 0.2) is 0 Å². The molecule has 0 aromatic heterocycles. The van der Waals surface area contributed by atoms with Gasteiger partial charge in [-0.1, -0.05) is 32.0 Å². The molecule has 0 bridgehead atoms. The predicted octanol–water partition coefficient (Wildman–Crippen LogP) is 4.21. The van der Waals surface area contributed by atoms with E-state index in [1.165, 1.54) is 7.11 Å². The number of hydrogen-bond acceptors (Lipinski definition) is 3. The summed E-state index contributed by atoms with van der Waals surface area (Å²) >= 11 is 0. The Morgan fingerprint density at radius 2 is 1.69 bits per heavy atom. The molecule has 0 spiro atoms. The second-order valence-corrected chi connectivity index (χ2v) is 6.03. The van der Waals surface area contributed by atoms with Crippen molar-refractivity contribution in [1.82, 2.24) is 4.90 Å². The Morgan fingerprint density at radius 3 is 2.35 bits per heavy atom. The Bertz CT molecular complexity index is 752. The molecular formula is C21H26N2O3. The van der Waals surface area contributed by atoms with Crippen LogP contribution in [0.1, 0.15) is 47.4 Å². The van der Waals surface area contributed by atoms with Crippen molar-refractivity contribution in [3.8, 4) is 5.75 Å². The quantitative estimate of drug-likeness (QED) is 0.772. The van der Waals surface area contributed by atoms with Gasteiger partial charge in [-0.15, -0.1) is 0 Å². The van der Waals surface area contributed by atoms with E-state index in [9.17, 15) is 9.59 Å². The van der Waals surface area contributed by atoms with Crippen LogP contribution < -0.4 is 10.1 Å². The molecule has 26 heavy (non-hydrogen) atoms. The molecule has 0 fully saturated rings. The monoisotopic (exact) mass is 354 g/mol. The van der Waals surface area contributed by atoms with Gasteiger partial charge in [-0.3, -0.25) is 9.59 Å². The van der Waals surface area contributed by atoms with E-state index in [-0.39, 0.29) is 11.8 Å². The maximum absolute atomic E-state index is 12.7. The van der Waals surface area contributed by atoms with Crippen molar-refractivity contribution in [2.45, 2.75) is 26.7 Å². The van der Waals surface area contributed by atoms with Crippen LogP contribution in [0.2, 0.25) is 0 Å². The summed E-state index contributed by atoms with van der Waals surface area (Å²) in [6.07, 6.45) is 1.83. The Morgan fingerprint density at radius 1 is 1.00 bits per heavy atom. The zero-order valence-electron chi connectivity index (χ0n) is 15.6. The van der Waals surface area contributed by atoms with Crippen molar-refractivity contribution in [3.05, 3.63) is 59.7 Å². The first-order valence-electron chi connectivity index (χ1n) is 8.94. The van der Waals surface area contributed by atoms with Gasteiger partial charge in [0.1, 0.15) is 5.75 Å². The number of amides is 2. The lowest BCUT2D eigenvalue weighted by Gasteiger charge is -2.21. The highest BCUT2D eigenvalue weighted by Gasteiger charge is 2.16. The Labute approximate surface area is 155 Å². The minimum Gasteiger partial charge on any atom is -0.496 e. The number of nitrogens with zero attached hydrogens (tertiary/aromatic N) is 1. The summed E-state index contributed by atoms with van der Waals surface area (Å²) in [4.78, 5) is 27.1. The number of ether oxygens (including phenoxy) is 1. The SMILES string of the molecule is CCCN(CCC)C(=O)c1cccc(NC(=O)c2ccccc2OC)c1. The highest BCUT2D eigenvalue weighted by Crippen LogP contribution is 2.20. The number of anilines is 1. The molecule has 138 valence electrons. The molecule has 0 heterocycles. The van der Waals surface area contributed by atoms with Gasteiger partial charge >= 0.3 is 0 Å². The van der Waals surface area contributed by atoms with E-state index in [0.717, 1.165) is 25.9 Å². The smallest absolute Gasteiger partial charge is 0.259 e. The summed E-state index contributed by atoms with van der Waals surface area (Å²) in [6.45, 7) is 5.56. The van der Waals surface area contributed by atoms with Crippen LogP contribution in [0, 0.1) is 0 Å². The first-order valence-corrected chi connectivity index (χ1v) is 8.94. The molecule has 5 nitrogen and oxygen atoms in total. The van der Waals surface area contributed by atoms with Gasteiger partial charge in [0.05, 0.1) is 12.7 Å². The molecule has 0 aliphatic rings. The molecule has 0 saturated heterocycles. The van der Waals surface area contributed by atoms with Gasteiger partial charge in [-0.25, -0.2) is 0 Å². The highest BCUT2D eigenvalue weighted by molar-refractivity contribution is 6.06. The molecule has 0 unspecified atom stereocenters. The van der Waals surface area contributed by atoms with E-state index < -0.39 is 0 Å². The van der Waals surface area contributed by atoms with Gasteiger partial charge in [-0.05, 0) is 43.2 Å². The van der Waals surface area contributed by atoms with Crippen LogP contribution in [0.15, 0.2) is 48.5 Å². The third kappa shape index (κ3) is 4.85. The summed E-state index contributed by atoms with van der Waals surface area (Å²) < 4.78 is 5.23. The molecule has 2 aromatic carbocycles. The van der Waals surface area contributed by atoms with Crippen molar-refractivity contribution in [2.24, 2.45) is 0 Å². The van der Waals surface area contributed by atoms with E-state index in [1.54, 1.807) is 42.5 Å². The molecule has 0 aliphatic carbocycles. The van der Waals surface area contributed by atoms with Crippen LogP contribution in [0.5, 0.6) is 5.75 Å². The molecule has 0 aliphatic heterocycles. The standard InChI is InChI=1S/C21H26N2O3/c1-4-13-23(14-5-2)21(25)16-9-8-10-17(15-16)22-20(24)18-11-6-7-12-19(18)26-3/h6-12,15H,4-5,13-14H2,1-3H3,(H,22,24). The van der Waals surface area contributed by atoms with Crippen molar-refractivity contribution in [2.75, 3.05) is 25.5 Å². The fourth-order valence-electron chi connectivity index (χ4n) is 2.80. The predicted molar refractivity (Wildman–Crippen MR) is 104 cm³/mol. The normalized spacial score (nSPS) is 10.3. The van der Waals surface area contributed by atoms with Crippen molar-refractivity contribution >= 4 is 17.5 Å². The van der Waals surface area contributed by atoms with Crippen molar-refractivity contribution in [3.63, 3.8) is 0 Å². The number of methoxy groups -OCH3 is 1.